The number of benzene rings is 2. The van der Waals surface area contributed by atoms with E-state index in [2.05, 4.69) is 0 Å². The lowest BCUT2D eigenvalue weighted by Crippen LogP contribution is -2.10. The minimum absolute atomic E-state index is 0.421. The monoisotopic (exact) mass is 321 g/mol. The van der Waals surface area contributed by atoms with E-state index < -0.39 is 5.91 Å². The van der Waals surface area contributed by atoms with Crippen molar-refractivity contribution in [2.75, 3.05) is 7.11 Å². The number of methoxy groups -OCH3 is 1. The summed E-state index contributed by atoms with van der Waals surface area (Å²) in [6.45, 7) is 0. The highest BCUT2D eigenvalue weighted by molar-refractivity contribution is 6.42. The maximum atomic E-state index is 11.2. The van der Waals surface area contributed by atoms with Crippen molar-refractivity contribution < 1.29 is 9.53 Å². The predicted octanol–water partition coefficient (Wildman–Crippen LogP) is 4.27. The Hall–Kier alpha value is -1.97. The van der Waals surface area contributed by atoms with Crippen molar-refractivity contribution in [3.63, 3.8) is 0 Å². The average molecular weight is 322 g/mol. The number of rotatable bonds is 4. The van der Waals surface area contributed by atoms with Crippen molar-refractivity contribution in [3.8, 4) is 5.75 Å². The molecule has 0 aliphatic carbocycles. The number of carbonyl (C=O) groups excluding carboxylic acids is 1. The molecule has 0 unspecified atom stereocenters. The summed E-state index contributed by atoms with van der Waals surface area (Å²) in [6.07, 6.45) is 3.68. The van der Waals surface area contributed by atoms with Gasteiger partial charge in [-0.1, -0.05) is 41.4 Å². The number of halogens is 2. The van der Waals surface area contributed by atoms with Crippen LogP contribution in [0.1, 0.15) is 21.5 Å². The summed E-state index contributed by atoms with van der Waals surface area (Å²) in [4.78, 5) is 11.2. The molecule has 21 heavy (non-hydrogen) atoms. The molecule has 108 valence electrons. The van der Waals surface area contributed by atoms with Crippen molar-refractivity contribution >= 4 is 41.3 Å². The van der Waals surface area contributed by atoms with Gasteiger partial charge >= 0.3 is 0 Å². The molecule has 2 N–H and O–H groups in total. The van der Waals surface area contributed by atoms with E-state index in [-0.39, 0.29) is 0 Å². The van der Waals surface area contributed by atoms with Crippen molar-refractivity contribution in [1.82, 2.24) is 0 Å². The third kappa shape index (κ3) is 3.78. The van der Waals surface area contributed by atoms with Gasteiger partial charge in [0.15, 0.2) is 0 Å². The zero-order valence-electron chi connectivity index (χ0n) is 11.3. The highest BCUT2D eigenvalue weighted by atomic mass is 35.5. The Morgan fingerprint density at radius 3 is 2.48 bits per heavy atom. The lowest BCUT2D eigenvalue weighted by Gasteiger charge is -2.06. The van der Waals surface area contributed by atoms with Gasteiger partial charge in [0, 0.05) is 11.1 Å². The SMILES string of the molecule is COc1ccc(C(N)=O)cc1/C=C/c1ccc(Cl)c(Cl)c1. The molecule has 1 amide bonds. The quantitative estimate of drug-likeness (QED) is 0.855. The van der Waals surface area contributed by atoms with Crippen molar-refractivity contribution in [3.05, 3.63) is 63.1 Å². The molecule has 0 aromatic heterocycles. The van der Waals surface area contributed by atoms with Gasteiger partial charge in [-0.3, -0.25) is 4.79 Å². The van der Waals surface area contributed by atoms with Crippen LogP contribution in [-0.2, 0) is 0 Å². The third-order valence-corrected chi connectivity index (χ3v) is 3.65. The second-order valence-corrected chi connectivity index (χ2v) is 5.14. The Bertz CT molecular complexity index is 711. The van der Waals surface area contributed by atoms with Gasteiger partial charge in [0.2, 0.25) is 5.91 Å². The summed E-state index contributed by atoms with van der Waals surface area (Å²) < 4.78 is 5.26. The number of carbonyl (C=O) groups is 1. The summed E-state index contributed by atoms with van der Waals surface area (Å²) in [5, 5.41) is 0.985. The molecule has 0 aliphatic rings. The van der Waals surface area contributed by atoms with Gasteiger partial charge in [0.25, 0.3) is 0 Å². The van der Waals surface area contributed by atoms with E-state index in [1.54, 1.807) is 37.4 Å². The fraction of sp³-hybridized carbons (Fsp3) is 0.0625. The Morgan fingerprint density at radius 2 is 1.86 bits per heavy atom. The summed E-state index contributed by atoms with van der Waals surface area (Å²) >= 11 is 11.8. The minimum Gasteiger partial charge on any atom is -0.496 e. The minimum atomic E-state index is -0.484. The maximum Gasteiger partial charge on any atom is 0.248 e. The van der Waals surface area contributed by atoms with E-state index in [0.717, 1.165) is 11.1 Å². The van der Waals surface area contributed by atoms with E-state index in [0.29, 0.717) is 21.4 Å². The summed E-state index contributed by atoms with van der Waals surface area (Å²) in [7, 11) is 1.57. The fourth-order valence-electron chi connectivity index (χ4n) is 1.82. The Morgan fingerprint density at radius 1 is 1.10 bits per heavy atom. The maximum absolute atomic E-state index is 11.2. The first-order chi connectivity index (χ1) is 10.0. The second-order valence-electron chi connectivity index (χ2n) is 4.33. The summed E-state index contributed by atoms with van der Waals surface area (Å²) in [5.74, 6) is 0.165. The first-order valence-corrected chi connectivity index (χ1v) is 6.88. The van der Waals surface area contributed by atoms with Crippen LogP contribution in [0.2, 0.25) is 10.0 Å². The van der Waals surface area contributed by atoms with E-state index in [1.165, 1.54) is 0 Å². The van der Waals surface area contributed by atoms with Crippen LogP contribution in [0.5, 0.6) is 5.75 Å². The van der Waals surface area contributed by atoms with Crippen LogP contribution in [0, 0.1) is 0 Å². The number of amides is 1. The lowest BCUT2D eigenvalue weighted by atomic mass is 10.1. The van der Waals surface area contributed by atoms with Crippen LogP contribution in [0.25, 0.3) is 12.2 Å². The van der Waals surface area contributed by atoms with Gasteiger partial charge in [-0.25, -0.2) is 0 Å². The molecule has 2 aromatic carbocycles. The van der Waals surface area contributed by atoms with Crippen LogP contribution in [-0.4, -0.2) is 13.0 Å². The highest BCUT2D eigenvalue weighted by Crippen LogP contribution is 2.25. The molecule has 0 saturated carbocycles. The second kappa shape index (κ2) is 6.66. The van der Waals surface area contributed by atoms with Crippen LogP contribution >= 0.6 is 23.2 Å². The Labute approximate surface area is 132 Å². The molecule has 5 heteroatoms. The average Bonchev–Trinajstić information content (AvgIpc) is 2.48. The van der Waals surface area contributed by atoms with Gasteiger partial charge in [-0.2, -0.15) is 0 Å². The Kier molecular flexibility index (Phi) is 4.89. The smallest absolute Gasteiger partial charge is 0.248 e. The molecule has 0 spiro atoms. The molecule has 0 saturated heterocycles. The zero-order chi connectivity index (χ0) is 15.4. The molecule has 0 atom stereocenters. The molecule has 0 heterocycles. The molecular weight excluding hydrogens is 309 g/mol. The molecule has 0 bridgehead atoms. The zero-order valence-corrected chi connectivity index (χ0v) is 12.8. The number of nitrogens with two attached hydrogens (primary N) is 1. The molecule has 0 aliphatic heterocycles. The first-order valence-electron chi connectivity index (χ1n) is 6.12. The Balaban J connectivity index is 2.36. The number of hydrogen-bond acceptors (Lipinski definition) is 2. The first kappa shape index (κ1) is 15.4. The van der Waals surface area contributed by atoms with E-state index >= 15 is 0 Å². The van der Waals surface area contributed by atoms with Crippen molar-refractivity contribution in [2.24, 2.45) is 5.73 Å². The van der Waals surface area contributed by atoms with Crippen molar-refractivity contribution in [2.45, 2.75) is 0 Å². The van der Waals surface area contributed by atoms with E-state index in [4.69, 9.17) is 33.7 Å². The van der Waals surface area contributed by atoms with Gasteiger partial charge < -0.3 is 10.5 Å². The van der Waals surface area contributed by atoms with Crippen LogP contribution in [0.3, 0.4) is 0 Å². The van der Waals surface area contributed by atoms with E-state index in [1.807, 2.05) is 18.2 Å². The van der Waals surface area contributed by atoms with E-state index in [9.17, 15) is 4.79 Å². The van der Waals surface area contributed by atoms with Crippen LogP contribution in [0.15, 0.2) is 36.4 Å². The number of hydrogen-bond donors (Lipinski definition) is 1. The number of primary amides is 1. The standard InChI is InChI=1S/C16H13Cl2NO2/c1-21-15-7-5-12(16(19)20)9-11(15)4-2-10-3-6-13(17)14(18)8-10/h2-9H,1H3,(H2,19,20)/b4-2+. The molecule has 3 nitrogen and oxygen atoms in total. The van der Waals surface area contributed by atoms with Gasteiger partial charge in [0.1, 0.15) is 5.75 Å². The van der Waals surface area contributed by atoms with Gasteiger partial charge in [0.05, 0.1) is 17.2 Å². The van der Waals surface area contributed by atoms with Crippen LogP contribution < -0.4 is 10.5 Å². The summed E-state index contributed by atoms with van der Waals surface area (Å²) in [5.41, 5.74) is 7.34. The van der Waals surface area contributed by atoms with Crippen LogP contribution in [0.4, 0.5) is 0 Å². The molecule has 0 radical (unpaired) electrons. The fourth-order valence-corrected chi connectivity index (χ4v) is 2.13. The highest BCUT2D eigenvalue weighted by Gasteiger charge is 2.05. The molecule has 2 aromatic rings. The largest absolute Gasteiger partial charge is 0.496 e. The van der Waals surface area contributed by atoms with Crippen molar-refractivity contribution in [1.29, 1.82) is 0 Å². The molecule has 2 rings (SSSR count). The van der Waals surface area contributed by atoms with Gasteiger partial charge in [-0.15, -0.1) is 0 Å². The molecular formula is C16H13Cl2NO2. The normalized spacial score (nSPS) is 10.8. The molecule has 0 fully saturated rings. The van der Waals surface area contributed by atoms with Gasteiger partial charge in [-0.05, 0) is 35.9 Å². The third-order valence-electron chi connectivity index (χ3n) is 2.91. The number of ether oxygens (including phenoxy) is 1. The lowest BCUT2D eigenvalue weighted by molar-refractivity contribution is 0.1000. The topological polar surface area (TPSA) is 52.3 Å². The summed E-state index contributed by atoms with van der Waals surface area (Å²) in [6, 6.07) is 10.3. The predicted molar refractivity (Wildman–Crippen MR) is 86.9 cm³/mol.